The fourth-order valence-electron chi connectivity index (χ4n) is 1.35. The third-order valence-electron chi connectivity index (χ3n) is 2.13. The molecule has 0 aliphatic carbocycles. The summed E-state index contributed by atoms with van der Waals surface area (Å²) in [5, 5.41) is 2.05. The van der Waals surface area contributed by atoms with E-state index in [1.54, 1.807) is 22.7 Å². The third kappa shape index (κ3) is 3.15. The lowest BCUT2D eigenvalue weighted by atomic mass is 10.3. The highest BCUT2D eigenvalue weighted by Gasteiger charge is 2.12. The Balaban J connectivity index is 1.96. The van der Waals surface area contributed by atoms with Crippen LogP contribution in [0.4, 0.5) is 0 Å². The number of rotatable bonds is 5. The molecule has 2 nitrogen and oxygen atoms in total. The van der Waals surface area contributed by atoms with Gasteiger partial charge in [0.15, 0.2) is 0 Å². The lowest BCUT2D eigenvalue weighted by Crippen LogP contribution is -2.14. The summed E-state index contributed by atoms with van der Waals surface area (Å²) in [4.78, 5) is 2.40. The molecule has 16 heavy (non-hydrogen) atoms. The first-order valence-corrected chi connectivity index (χ1v) is 7.38. The van der Waals surface area contributed by atoms with Gasteiger partial charge in [-0.3, -0.25) is 0 Å². The van der Waals surface area contributed by atoms with E-state index >= 15 is 0 Å². The van der Waals surface area contributed by atoms with Crippen LogP contribution in [0, 0.1) is 0 Å². The van der Waals surface area contributed by atoms with Gasteiger partial charge in [-0.15, -0.1) is 22.7 Å². The van der Waals surface area contributed by atoms with Crippen molar-refractivity contribution in [3.8, 4) is 0 Å². The molecule has 0 amide bonds. The molecule has 0 saturated carbocycles. The van der Waals surface area contributed by atoms with E-state index < -0.39 is 0 Å². The molecule has 0 saturated heterocycles. The summed E-state index contributed by atoms with van der Waals surface area (Å²) >= 11 is 6.82. The Morgan fingerprint density at radius 3 is 2.81 bits per heavy atom. The third-order valence-corrected chi connectivity index (χ3v) is 4.70. The molecule has 5 heteroatoms. The van der Waals surface area contributed by atoms with Gasteiger partial charge in [0.2, 0.25) is 0 Å². The quantitative estimate of drug-likeness (QED) is 0.910. The lowest BCUT2D eigenvalue weighted by Gasteiger charge is -2.13. The molecule has 0 aliphatic heterocycles. The first kappa shape index (κ1) is 12.3. The molecular weight excluding hydrogens is 306 g/mol. The van der Waals surface area contributed by atoms with E-state index in [1.807, 2.05) is 12.1 Å². The minimum absolute atomic E-state index is 0.00148. The van der Waals surface area contributed by atoms with Crippen molar-refractivity contribution in [2.75, 3.05) is 6.54 Å². The monoisotopic (exact) mass is 317 g/mol. The van der Waals surface area contributed by atoms with Gasteiger partial charge in [0.25, 0.3) is 0 Å². The molecule has 2 aromatic heterocycles. The Bertz CT molecular complexity index is 427. The van der Waals surface area contributed by atoms with Crippen molar-refractivity contribution in [3.05, 3.63) is 43.2 Å². The molecule has 2 aromatic rings. The van der Waals surface area contributed by atoms with Crippen molar-refractivity contribution in [3.63, 3.8) is 0 Å². The Morgan fingerprint density at radius 1 is 1.38 bits per heavy atom. The van der Waals surface area contributed by atoms with Crippen molar-refractivity contribution < 1.29 is 4.74 Å². The van der Waals surface area contributed by atoms with Gasteiger partial charge in [-0.05, 0) is 39.5 Å². The van der Waals surface area contributed by atoms with Crippen LogP contribution in [0.25, 0.3) is 0 Å². The summed E-state index contributed by atoms with van der Waals surface area (Å²) in [5.41, 5.74) is 5.72. The SMILES string of the molecule is NCC(OCc1cccs1)c1ccc(Br)s1. The molecular formula is C11H12BrNOS2. The minimum Gasteiger partial charge on any atom is -0.366 e. The van der Waals surface area contributed by atoms with E-state index in [9.17, 15) is 0 Å². The summed E-state index contributed by atoms with van der Waals surface area (Å²) in [6.07, 6.45) is -0.00148. The van der Waals surface area contributed by atoms with Crippen molar-refractivity contribution in [1.29, 1.82) is 0 Å². The molecule has 0 fully saturated rings. The molecule has 0 spiro atoms. The number of thiophene rings is 2. The van der Waals surface area contributed by atoms with Gasteiger partial charge in [-0.2, -0.15) is 0 Å². The first-order valence-electron chi connectivity index (χ1n) is 4.89. The smallest absolute Gasteiger partial charge is 0.104 e. The highest BCUT2D eigenvalue weighted by atomic mass is 79.9. The van der Waals surface area contributed by atoms with Gasteiger partial charge in [0.05, 0.1) is 10.4 Å². The Kier molecular flexibility index (Phi) is 4.55. The first-order chi connectivity index (χ1) is 7.79. The summed E-state index contributed by atoms with van der Waals surface area (Å²) in [5.74, 6) is 0. The van der Waals surface area contributed by atoms with Crippen LogP contribution in [0.5, 0.6) is 0 Å². The van der Waals surface area contributed by atoms with Crippen LogP contribution >= 0.6 is 38.6 Å². The van der Waals surface area contributed by atoms with Crippen LogP contribution in [-0.2, 0) is 11.3 Å². The predicted molar refractivity (Wildman–Crippen MR) is 72.9 cm³/mol. The molecule has 1 atom stereocenters. The van der Waals surface area contributed by atoms with Gasteiger partial charge in [0, 0.05) is 16.3 Å². The summed E-state index contributed by atoms with van der Waals surface area (Å²) in [7, 11) is 0. The normalized spacial score (nSPS) is 12.9. The number of hydrogen-bond acceptors (Lipinski definition) is 4. The molecule has 2 rings (SSSR count). The zero-order chi connectivity index (χ0) is 11.4. The summed E-state index contributed by atoms with van der Waals surface area (Å²) < 4.78 is 6.92. The fraction of sp³-hybridized carbons (Fsp3) is 0.273. The van der Waals surface area contributed by atoms with Crippen molar-refractivity contribution >= 4 is 38.6 Å². The second-order valence-electron chi connectivity index (χ2n) is 3.26. The number of ether oxygens (including phenoxy) is 1. The number of hydrogen-bond donors (Lipinski definition) is 1. The van der Waals surface area contributed by atoms with Gasteiger partial charge in [-0.25, -0.2) is 0 Å². The van der Waals surface area contributed by atoms with Gasteiger partial charge >= 0.3 is 0 Å². The summed E-state index contributed by atoms with van der Waals surface area (Å²) in [6.45, 7) is 1.15. The average Bonchev–Trinajstić information content (AvgIpc) is 2.91. The predicted octanol–water partition coefficient (Wildman–Crippen LogP) is 3.79. The minimum atomic E-state index is -0.00148. The van der Waals surface area contributed by atoms with Gasteiger partial charge in [-0.1, -0.05) is 6.07 Å². The maximum absolute atomic E-state index is 5.81. The highest BCUT2D eigenvalue weighted by Crippen LogP contribution is 2.29. The van der Waals surface area contributed by atoms with Crippen molar-refractivity contribution in [2.24, 2.45) is 5.73 Å². The van der Waals surface area contributed by atoms with E-state index in [0.29, 0.717) is 13.2 Å². The molecule has 0 aliphatic rings. The van der Waals surface area contributed by atoms with E-state index in [2.05, 4.69) is 33.4 Å². The average molecular weight is 318 g/mol. The Morgan fingerprint density at radius 2 is 2.25 bits per heavy atom. The second-order valence-corrected chi connectivity index (χ2v) is 6.78. The van der Waals surface area contributed by atoms with E-state index in [0.717, 1.165) is 3.79 Å². The van der Waals surface area contributed by atoms with Crippen LogP contribution in [0.3, 0.4) is 0 Å². The maximum Gasteiger partial charge on any atom is 0.104 e. The molecule has 2 N–H and O–H groups in total. The van der Waals surface area contributed by atoms with Crippen molar-refractivity contribution in [1.82, 2.24) is 0 Å². The topological polar surface area (TPSA) is 35.2 Å². The zero-order valence-electron chi connectivity index (χ0n) is 8.56. The van der Waals surface area contributed by atoms with Crippen LogP contribution in [0.15, 0.2) is 33.4 Å². The van der Waals surface area contributed by atoms with Crippen LogP contribution in [0.2, 0.25) is 0 Å². The molecule has 1 unspecified atom stereocenters. The van der Waals surface area contributed by atoms with E-state index in [4.69, 9.17) is 10.5 Å². The molecule has 0 aromatic carbocycles. The zero-order valence-corrected chi connectivity index (χ0v) is 11.8. The fourth-order valence-corrected chi connectivity index (χ4v) is 3.46. The largest absolute Gasteiger partial charge is 0.366 e. The van der Waals surface area contributed by atoms with Crippen LogP contribution in [-0.4, -0.2) is 6.54 Å². The van der Waals surface area contributed by atoms with Crippen molar-refractivity contribution in [2.45, 2.75) is 12.7 Å². The number of halogens is 1. The molecule has 86 valence electrons. The van der Waals surface area contributed by atoms with Gasteiger partial charge in [0.1, 0.15) is 6.10 Å². The van der Waals surface area contributed by atoms with Gasteiger partial charge < -0.3 is 10.5 Å². The van der Waals surface area contributed by atoms with E-state index in [-0.39, 0.29) is 6.10 Å². The van der Waals surface area contributed by atoms with E-state index in [1.165, 1.54) is 9.75 Å². The lowest BCUT2D eigenvalue weighted by molar-refractivity contribution is 0.0496. The molecule has 2 heterocycles. The molecule has 0 radical (unpaired) electrons. The summed E-state index contributed by atoms with van der Waals surface area (Å²) in [6, 6.07) is 8.18. The Labute approximate surface area is 111 Å². The maximum atomic E-state index is 5.81. The molecule has 0 bridgehead atoms. The highest BCUT2D eigenvalue weighted by molar-refractivity contribution is 9.11. The second kappa shape index (κ2) is 5.93. The van der Waals surface area contributed by atoms with Crippen LogP contribution < -0.4 is 5.73 Å². The van der Waals surface area contributed by atoms with Crippen LogP contribution in [0.1, 0.15) is 15.9 Å². The Hall–Kier alpha value is -0.200. The standard InChI is InChI=1S/C11H12BrNOS2/c12-11-4-3-10(16-11)9(6-13)14-7-8-2-1-5-15-8/h1-5,9H,6-7,13H2. The number of nitrogens with two attached hydrogens (primary N) is 1.